The number of nitrogens with zero attached hydrogens (tertiary/aromatic N) is 1. The molecule has 0 saturated carbocycles. The number of hydrogen-bond acceptors (Lipinski definition) is 3. The Balaban J connectivity index is 2.37. The highest BCUT2D eigenvalue weighted by Crippen LogP contribution is 2.43. The molecule has 0 bridgehead atoms. The van der Waals surface area contributed by atoms with Gasteiger partial charge < -0.3 is 0 Å². The van der Waals surface area contributed by atoms with Gasteiger partial charge in [-0.1, -0.05) is 49.8 Å². The smallest absolute Gasteiger partial charge is 0.0784 e. The molecule has 1 aliphatic carbocycles. The zero-order valence-corrected chi connectivity index (χ0v) is 9.71. The van der Waals surface area contributed by atoms with Crippen molar-refractivity contribution in [2.75, 3.05) is 0 Å². The maximum atomic E-state index is 4.48. The van der Waals surface area contributed by atoms with Gasteiger partial charge in [0.2, 0.25) is 0 Å². The highest BCUT2D eigenvalue weighted by atomic mass is 33.1. The van der Waals surface area contributed by atoms with E-state index in [4.69, 9.17) is 0 Å². The normalized spacial score (nSPS) is 26.8. The fourth-order valence-electron chi connectivity index (χ4n) is 1.50. The Morgan fingerprint density at radius 2 is 2.15 bits per heavy atom. The minimum atomic E-state index is 0.216. The van der Waals surface area contributed by atoms with Crippen LogP contribution in [0.1, 0.15) is 20.8 Å². The largest absolute Gasteiger partial charge is 0.208 e. The van der Waals surface area contributed by atoms with E-state index < -0.39 is 0 Å². The summed E-state index contributed by atoms with van der Waals surface area (Å²) in [6, 6.07) is 0. The summed E-state index contributed by atoms with van der Waals surface area (Å²) in [4.78, 5) is 0. The Hall–Kier alpha value is -0.150. The monoisotopic (exact) mass is 211 g/mol. The van der Waals surface area contributed by atoms with Gasteiger partial charge in [-0.2, -0.15) is 0 Å². The zero-order chi connectivity index (χ0) is 9.47. The van der Waals surface area contributed by atoms with Crippen LogP contribution >= 0.6 is 21.8 Å². The minimum absolute atomic E-state index is 0.216. The lowest BCUT2D eigenvalue weighted by Crippen LogP contribution is -2.25. The predicted molar refractivity (Wildman–Crippen MR) is 63.1 cm³/mol. The molecule has 1 nitrogen and oxygen atoms in total. The second kappa shape index (κ2) is 3.21. The molecule has 0 radical (unpaired) electrons. The summed E-state index contributed by atoms with van der Waals surface area (Å²) in [6.45, 7) is 6.72. The second-order valence-corrected chi connectivity index (χ2v) is 6.34. The Morgan fingerprint density at radius 3 is 2.85 bits per heavy atom. The molecule has 13 heavy (non-hydrogen) atoms. The Kier molecular flexibility index (Phi) is 2.32. The van der Waals surface area contributed by atoms with Gasteiger partial charge in [0.05, 0.1) is 11.0 Å². The number of fused-ring (bicyclic) bond motifs is 1. The van der Waals surface area contributed by atoms with Crippen LogP contribution < -0.4 is 0 Å². The second-order valence-electron chi connectivity index (χ2n) is 4.28. The first-order valence-electron chi connectivity index (χ1n) is 4.39. The summed E-state index contributed by atoms with van der Waals surface area (Å²) in [6.07, 6.45) is 6.57. The maximum Gasteiger partial charge on any atom is 0.0784 e. The van der Waals surface area contributed by atoms with Crippen molar-refractivity contribution >= 4 is 27.5 Å². The van der Waals surface area contributed by atoms with Gasteiger partial charge in [0.25, 0.3) is 0 Å². The Morgan fingerprint density at radius 1 is 1.38 bits per heavy atom. The van der Waals surface area contributed by atoms with E-state index in [0.29, 0.717) is 5.25 Å². The molecular formula is C10H13NS2. The molecule has 0 spiro atoms. The van der Waals surface area contributed by atoms with Crippen molar-refractivity contribution in [3.05, 3.63) is 23.8 Å². The van der Waals surface area contributed by atoms with E-state index in [1.54, 1.807) is 11.0 Å². The summed E-state index contributed by atoms with van der Waals surface area (Å²) in [5.74, 6) is 0. The van der Waals surface area contributed by atoms with Crippen LogP contribution in [0.2, 0.25) is 0 Å². The van der Waals surface area contributed by atoms with Crippen LogP contribution in [0.25, 0.3) is 0 Å². The first-order chi connectivity index (χ1) is 6.09. The van der Waals surface area contributed by atoms with Crippen molar-refractivity contribution < 1.29 is 0 Å². The van der Waals surface area contributed by atoms with E-state index in [2.05, 4.69) is 43.4 Å². The quantitative estimate of drug-likeness (QED) is 0.448. The molecule has 2 aliphatic rings. The molecule has 3 heteroatoms. The van der Waals surface area contributed by atoms with Crippen LogP contribution in [0.5, 0.6) is 0 Å². The summed E-state index contributed by atoms with van der Waals surface area (Å²) < 4.78 is 4.48. The first kappa shape index (κ1) is 9.41. The minimum Gasteiger partial charge on any atom is -0.208 e. The highest BCUT2D eigenvalue weighted by Gasteiger charge is 2.31. The van der Waals surface area contributed by atoms with Crippen LogP contribution in [-0.4, -0.2) is 11.0 Å². The summed E-state index contributed by atoms with van der Waals surface area (Å²) in [5, 5.41) is 0.490. The number of rotatable bonds is 0. The van der Waals surface area contributed by atoms with Gasteiger partial charge in [-0.3, -0.25) is 0 Å². The van der Waals surface area contributed by atoms with Crippen molar-refractivity contribution in [2.24, 2.45) is 9.81 Å². The standard InChI is InChI=1S/C10H13NS2/c1-10(2,3)7-5-4-6-8-9(7)11-13-12-8/h4-6,8H,1-3H3. The van der Waals surface area contributed by atoms with Gasteiger partial charge in [0, 0.05) is 11.0 Å². The summed E-state index contributed by atoms with van der Waals surface area (Å²) in [7, 11) is 3.44. The van der Waals surface area contributed by atoms with Crippen molar-refractivity contribution in [1.29, 1.82) is 0 Å². The van der Waals surface area contributed by atoms with Gasteiger partial charge in [0.15, 0.2) is 0 Å². The predicted octanol–water partition coefficient (Wildman–Crippen LogP) is 3.65. The average Bonchev–Trinajstić information content (AvgIpc) is 2.48. The SMILES string of the molecule is CC(C)(C)C1=CC=CC2SSN=C12. The van der Waals surface area contributed by atoms with Gasteiger partial charge in [-0.05, 0) is 11.0 Å². The summed E-state index contributed by atoms with van der Waals surface area (Å²) in [5.41, 5.74) is 2.87. The van der Waals surface area contributed by atoms with Gasteiger partial charge in [-0.15, -0.1) is 0 Å². The van der Waals surface area contributed by atoms with Gasteiger partial charge >= 0.3 is 0 Å². The van der Waals surface area contributed by atoms with Crippen molar-refractivity contribution in [2.45, 2.75) is 26.0 Å². The van der Waals surface area contributed by atoms with Crippen molar-refractivity contribution in [3.63, 3.8) is 0 Å². The van der Waals surface area contributed by atoms with E-state index in [1.807, 2.05) is 10.8 Å². The fourth-order valence-corrected chi connectivity index (χ4v) is 3.54. The van der Waals surface area contributed by atoms with E-state index >= 15 is 0 Å². The molecule has 1 atom stereocenters. The van der Waals surface area contributed by atoms with Crippen molar-refractivity contribution in [3.8, 4) is 0 Å². The first-order valence-corrected chi connectivity index (χ1v) is 6.56. The number of hydrogen-bond donors (Lipinski definition) is 0. The van der Waals surface area contributed by atoms with E-state index in [9.17, 15) is 0 Å². The molecule has 0 amide bonds. The van der Waals surface area contributed by atoms with E-state index in [0.717, 1.165) is 0 Å². The molecule has 1 heterocycles. The van der Waals surface area contributed by atoms with Crippen LogP contribution in [-0.2, 0) is 0 Å². The molecule has 1 unspecified atom stereocenters. The third-order valence-corrected chi connectivity index (χ3v) is 4.23. The molecule has 2 rings (SSSR count). The third kappa shape index (κ3) is 1.72. The van der Waals surface area contributed by atoms with E-state index in [1.165, 1.54) is 11.3 Å². The molecule has 0 saturated heterocycles. The highest BCUT2D eigenvalue weighted by molar-refractivity contribution is 8.77. The molecule has 70 valence electrons. The molecule has 0 aromatic carbocycles. The van der Waals surface area contributed by atoms with Crippen molar-refractivity contribution in [1.82, 2.24) is 0 Å². The summed E-state index contributed by atoms with van der Waals surface area (Å²) >= 11 is 0. The van der Waals surface area contributed by atoms with Gasteiger partial charge in [-0.25, -0.2) is 4.40 Å². The molecule has 0 N–H and O–H groups in total. The van der Waals surface area contributed by atoms with Crippen LogP contribution in [0, 0.1) is 5.41 Å². The Labute approximate surface area is 87.3 Å². The lowest BCUT2D eigenvalue weighted by Gasteiger charge is -2.26. The topological polar surface area (TPSA) is 12.4 Å². The molecule has 0 fully saturated rings. The Bertz CT molecular complexity index is 307. The zero-order valence-electron chi connectivity index (χ0n) is 8.07. The fraction of sp³-hybridized carbons (Fsp3) is 0.500. The van der Waals surface area contributed by atoms with Crippen LogP contribution in [0.4, 0.5) is 0 Å². The molecular weight excluding hydrogens is 198 g/mol. The van der Waals surface area contributed by atoms with E-state index in [-0.39, 0.29) is 5.41 Å². The number of allylic oxidation sites excluding steroid dienone is 3. The average molecular weight is 211 g/mol. The maximum absolute atomic E-state index is 4.48. The lowest BCUT2D eigenvalue weighted by molar-refractivity contribution is 0.523. The molecule has 0 aromatic rings. The molecule has 1 aliphatic heterocycles. The third-order valence-electron chi connectivity index (χ3n) is 2.18. The molecule has 0 aromatic heterocycles. The van der Waals surface area contributed by atoms with Crippen LogP contribution in [0.15, 0.2) is 28.2 Å². The van der Waals surface area contributed by atoms with Crippen LogP contribution in [0.3, 0.4) is 0 Å². The lowest BCUT2D eigenvalue weighted by atomic mass is 9.80. The van der Waals surface area contributed by atoms with Gasteiger partial charge in [0.1, 0.15) is 0 Å².